The molecule has 1 aromatic heterocycles. The number of carbonyl (C=O) groups excluding carboxylic acids is 1. The Morgan fingerprint density at radius 3 is 2.59 bits per heavy atom. The second-order valence-corrected chi connectivity index (χ2v) is 7.77. The number of hydrogen-bond acceptors (Lipinski definition) is 3. The van der Waals surface area contributed by atoms with E-state index in [1.807, 2.05) is 23.7 Å². The van der Waals surface area contributed by atoms with Crippen molar-refractivity contribution in [2.24, 2.45) is 5.92 Å². The maximum Gasteiger partial charge on any atom is 0.224 e. The predicted molar refractivity (Wildman–Crippen MR) is 109 cm³/mol. The van der Waals surface area contributed by atoms with Crippen LogP contribution in [-0.2, 0) is 17.8 Å². The Kier molecular flexibility index (Phi) is 7.04. The maximum absolute atomic E-state index is 13.0. The Morgan fingerprint density at radius 2 is 1.93 bits per heavy atom. The summed E-state index contributed by atoms with van der Waals surface area (Å²) in [5.41, 5.74) is 2.40. The SMILES string of the molecule is Cc1ccnn1CCC(=O)N(CCc1ccccc1)CC1CCN(C)CC1. The van der Waals surface area contributed by atoms with Gasteiger partial charge in [0.1, 0.15) is 0 Å². The molecule has 146 valence electrons. The van der Waals surface area contributed by atoms with E-state index in [0.717, 1.165) is 38.3 Å². The third kappa shape index (κ3) is 5.93. The number of likely N-dealkylation sites (tertiary alicyclic amines) is 1. The van der Waals surface area contributed by atoms with Crippen LogP contribution in [0.1, 0.15) is 30.5 Å². The van der Waals surface area contributed by atoms with Gasteiger partial charge in [0.2, 0.25) is 5.91 Å². The number of hydrogen-bond donors (Lipinski definition) is 0. The van der Waals surface area contributed by atoms with Crippen molar-refractivity contribution < 1.29 is 4.79 Å². The lowest BCUT2D eigenvalue weighted by atomic mass is 9.96. The average molecular weight is 369 g/mol. The van der Waals surface area contributed by atoms with Crippen LogP contribution in [0, 0.1) is 12.8 Å². The van der Waals surface area contributed by atoms with E-state index in [0.29, 0.717) is 18.9 Å². The molecule has 0 aliphatic carbocycles. The molecule has 5 heteroatoms. The van der Waals surface area contributed by atoms with Crippen molar-refractivity contribution in [3.8, 4) is 0 Å². The van der Waals surface area contributed by atoms with E-state index in [4.69, 9.17) is 0 Å². The monoisotopic (exact) mass is 368 g/mol. The van der Waals surface area contributed by atoms with E-state index < -0.39 is 0 Å². The molecule has 1 aromatic carbocycles. The van der Waals surface area contributed by atoms with Gasteiger partial charge >= 0.3 is 0 Å². The predicted octanol–water partition coefficient (Wildman–Crippen LogP) is 2.99. The molecule has 1 aliphatic heterocycles. The Bertz CT molecular complexity index is 704. The topological polar surface area (TPSA) is 41.4 Å². The van der Waals surface area contributed by atoms with Crippen LogP contribution >= 0.6 is 0 Å². The highest BCUT2D eigenvalue weighted by molar-refractivity contribution is 5.76. The molecule has 0 bridgehead atoms. The van der Waals surface area contributed by atoms with Crippen LogP contribution < -0.4 is 0 Å². The summed E-state index contributed by atoms with van der Waals surface area (Å²) < 4.78 is 1.92. The average Bonchev–Trinajstić information content (AvgIpc) is 3.10. The first-order valence-corrected chi connectivity index (χ1v) is 10.1. The molecule has 0 N–H and O–H groups in total. The minimum absolute atomic E-state index is 0.250. The molecule has 27 heavy (non-hydrogen) atoms. The Hall–Kier alpha value is -2.14. The second kappa shape index (κ2) is 9.70. The molecule has 1 amide bonds. The molecule has 1 saturated heterocycles. The quantitative estimate of drug-likeness (QED) is 0.719. The van der Waals surface area contributed by atoms with Crippen LogP contribution in [0.15, 0.2) is 42.6 Å². The van der Waals surface area contributed by atoms with Crippen LogP contribution in [0.2, 0.25) is 0 Å². The van der Waals surface area contributed by atoms with Gasteiger partial charge in [-0.1, -0.05) is 30.3 Å². The standard InChI is InChI=1S/C22H32N4O/c1-19-8-13-23-26(19)17-12-22(27)25(16-11-20-6-4-3-5-7-20)18-21-9-14-24(2)15-10-21/h3-8,13,21H,9-12,14-18H2,1-2H3. The summed E-state index contributed by atoms with van der Waals surface area (Å²) in [6.07, 6.45) is 5.60. The van der Waals surface area contributed by atoms with Gasteiger partial charge in [-0.3, -0.25) is 9.48 Å². The molecule has 0 spiro atoms. The third-order valence-electron chi connectivity index (χ3n) is 5.65. The van der Waals surface area contributed by atoms with Crippen LogP contribution in [0.25, 0.3) is 0 Å². The molecule has 0 saturated carbocycles. The highest BCUT2D eigenvalue weighted by Gasteiger charge is 2.22. The zero-order chi connectivity index (χ0) is 19.1. The van der Waals surface area contributed by atoms with Crippen LogP contribution in [0.3, 0.4) is 0 Å². The van der Waals surface area contributed by atoms with Crippen LogP contribution in [-0.4, -0.2) is 58.7 Å². The summed E-state index contributed by atoms with van der Waals surface area (Å²) in [6, 6.07) is 12.4. The summed E-state index contributed by atoms with van der Waals surface area (Å²) in [5, 5.41) is 4.31. The summed E-state index contributed by atoms with van der Waals surface area (Å²) in [6.45, 7) is 6.65. The van der Waals surface area contributed by atoms with Crippen molar-refractivity contribution in [2.75, 3.05) is 33.2 Å². The minimum Gasteiger partial charge on any atom is -0.342 e. The van der Waals surface area contributed by atoms with E-state index in [1.54, 1.807) is 6.20 Å². The zero-order valence-electron chi connectivity index (χ0n) is 16.7. The number of piperidine rings is 1. The lowest BCUT2D eigenvalue weighted by molar-refractivity contribution is -0.132. The molecule has 5 nitrogen and oxygen atoms in total. The molecule has 1 aliphatic rings. The van der Waals surface area contributed by atoms with Crippen molar-refractivity contribution in [2.45, 2.75) is 39.2 Å². The zero-order valence-corrected chi connectivity index (χ0v) is 16.7. The fourth-order valence-electron chi connectivity index (χ4n) is 3.78. The van der Waals surface area contributed by atoms with Gasteiger partial charge in [0.15, 0.2) is 0 Å². The van der Waals surface area contributed by atoms with Gasteiger partial charge < -0.3 is 9.80 Å². The molecule has 0 radical (unpaired) electrons. The molecule has 2 aromatic rings. The van der Waals surface area contributed by atoms with Gasteiger partial charge in [-0.25, -0.2) is 0 Å². The lowest BCUT2D eigenvalue weighted by Gasteiger charge is -2.33. The maximum atomic E-state index is 13.0. The number of nitrogens with zero attached hydrogens (tertiary/aromatic N) is 4. The molecular formula is C22H32N4O. The molecule has 3 rings (SSSR count). The fraction of sp³-hybridized carbons (Fsp3) is 0.545. The third-order valence-corrected chi connectivity index (χ3v) is 5.65. The smallest absolute Gasteiger partial charge is 0.224 e. The van der Waals surface area contributed by atoms with E-state index in [9.17, 15) is 4.79 Å². The van der Waals surface area contributed by atoms with E-state index in [-0.39, 0.29) is 5.91 Å². The van der Waals surface area contributed by atoms with Gasteiger partial charge in [0.05, 0.1) is 0 Å². The largest absolute Gasteiger partial charge is 0.342 e. The first-order chi connectivity index (χ1) is 13.1. The molecular weight excluding hydrogens is 336 g/mol. The summed E-state index contributed by atoms with van der Waals surface area (Å²) in [5.74, 6) is 0.868. The highest BCUT2D eigenvalue weighted by Crippen LogP contribution is 2.18. The number of rotatable bonds is 8. The number of amides is 1. The summed E-state index contributed by atoms with van der Waals surface area (Å²) in [7, 11) is 2.18. The fourth-order valence-corrected chi connectivity index (χ4v) is 3.78. The summed E-state index contributed by atoms with van der Waals surface area (Å²) in [4.78, 5) is 17.5. The first-order valence-electron chi connectivity index (χ1n) is 10.1. The van der Waals surface area contributed by atoms with E-state index in [2.05, 4.69) is 46.2 Å². The molecule has 1 fully saturated rings. The molecule has 0 atom stereocenters. The van der Waals surface area contributed by atoms with Gasteiger partial charge in [0, 0.05) is 37.9 Å². The van der Waals surface area contributed by atoms with Crippen molar-refractivity contribution in [3.63, 3.8) is 0 Å². The van der Waals surface area contributed by atoms with E-state index >= 15 is 0 Å². The van der Waals surface area contributed by atoms with Crippen molar-refractivity contribution in [1.29, 1.82) is 0 Å². The number of aromatic nitrogens is 2. The summed E-state index contributed by atoms with van der Waals surface area (Å²) >= 11 is 0. The van der Waals surface area contributed by atoms with Crippen LogP contribution in [0.4, 0.5) is 0 Å². The Morgan fingerprint density at radius 1 is 1.19 bits per heavy atom. The number of carbonyl (C=O) groups is 1. The highest BCUT2D eigenvalue weighted by atomic mass is 16.2. The van der Waals surface area contributed by atoms with Crippen molar-refractivity contribution >= 4 is 5.91 Å². The molecule has 0 unspecified atom stereocenters. The van der Waals surface area contributed by atoms with Gasteiger partial charge in [0.25, 0.3) is 0 Å². The van der Waals surface area contributed by atoms with Crippen molar-refractivity contribution in [1.82, 2.24) is 19.6 Å². The minimum atomic E-state index is 0.250. The Balaban J connectivity index is 1.58. The molecule has 2 heterocycles. The Labute approximate surface area is 163 Å². The first kappa shape index (κ1) is 19.6. The van der Waals surface area contributed by atoms with Crippen molar-refractivity contribution in [3.05, 3.63) is 53.9 Å². The number of aryl methyl sites for hydroxylation is 2. The number of benzene rings is 1. The van der Waals surface area contributed by atoms with Crippen LogP contribution in [0.5, 0.6) is 0 Å². The van der Waals surface area contributed by atoms with Gasteiger partial charge in [-0.2, -0.15) is 5.10 Å². The lowest BCUT2D eigenvalue weighted by Crippen LogP contribution is -2.41. The normalized spacial score (nSPS) is 15.8. The van der Waals surface area contributed by atoms with Gasteiger partial charge in [-0.15, -0.1) is 0 Å². The van der Waals surface area contributed by atoms with Gasteiger partial charge in [-0.05, 0) is 63.9 Å². The second-order valence-electron chi connectivity index (χ2n) is 7.77. The van der Waals surface area contributed by atoms with E-state index in [1.165, 1.54) is 18.4 Å².